The Morgan fingerprint density at radius 2 is 1.80 bits per heavy atom. The van der Waals surface area contributed by atoms with Crippen molar-refractivity contribution >= 4 is 0 Å². The van der Waals surface area contributed by atoms with Crippen molar-refractivity contribution in [3.05, 3.63) is 47.3 Å². The Bertz CT molecular complexity index is 455. The summed E-state index contributed by atoms with van der Waals surface area (Å²) < 4.78 is 0. The molecule has 1 aromatic carbocycles. The van der Waals surface area contributed by atoms with Crippen molar-refractivity contribution in [3.8, 4) is 0 Å². The van der Waals surface area contributed by atoms with Crippen LogP contribution in [-0.4, -0.2) is 6.04 Å². The first-order valence-corrected chi connectivity index (χ1v) is 8.12. The van der Waals surface area contributed by atoms with Gasteiger partial charge in [-0.1, -0.05) is 43.5 Å². The molecule has 1 aromatic rings. The van der Waals surface area contributed by atoms with Gasteiger partial charge in [0.2, 0.25) is 0 Å². The van der Waals surface area contributed by atoms with Crippen molar-refractivity contribution in [1.29, 1.82) is 0 Å². The molecule has 0 spiro atoms. The summed E-state index contributed by atoms with van der Waals surface area (Å²) in [6.07, 6.45) is 12.5. The lowest BCUT2D eigenvalue weighted by atomic mass is 9.84. The van der Waals surface area contributed by atoms with E-state index in [2.05, 4.69) is 35.7 Å². The van der Waals surface area contributed by atoms with E-state index in [1.54, 1.807) is 5.56 Å². The molecule has 1 atom stereocenters. The molecule has 0 amide bonds. The van der Waals surface area contributed by atoms with Crippen LogP contribution >= 0.6 is 0 Å². The van der Waals surface area contributed by atoms with Crippen molar-refractivity contribution in [1.82, 2.24) is 5.32 Å². The summed E-state index contributed by atoms with van der Waals surface area (Å²) in [6, 6.07) is 9.92. The highest BCUT2D eigenvalue weighted by molar-refractivity contribution is 5.26. The molecule has 0 aromatic heterocycles. The zero-order chi connectivity index (χ0) is 13.8. The third kappa shape index (κ3) is 3.36. The first-order valence-electron chi connectivity index (χ1n) is 8.12. The molecule has 3 N–H and O–H groups in total. The summed E-state index contributed by atoms with van der Waals surface area (Å²) in [5.74, 6) is 1.67. The van der Waals surface area contributed by atoms with Gasteiger partial charge in [0, 0.05) is 6.04 Å². The van der Waals surface area contributed by atoms with E-state index in [1.807, 2.05) is 0 Å². The summed E-state index contributed by atoms with van der Waals surface area (Å²) in [5, 5.41) is 3.33. The molecule has 3 rings (SSSR count). The van der Waals surface area contributed by atoms with Crippen LogP contribution in [0.2, 0.25) is 0 Å². The summed E-state index contributed by atoms with van der Waals surface area (Å²) in [7, 11) is 0. The summed E-state index contributed by atoms with van der Waals surface area (Å²) in [4.78, 5) is 0. The maximum atomic E-state index is 5.75. The molecule has 2 aliphatic rings. The van der Waals surface area contributed by atoms with Gasteiger partial charge in [-0.3, -0.25) is 0 Å². The van der Waals surface area contributed by atoms with Crippen LogP contribution in [-0.2, 0) is 6.42 Å². The lowest BCUT2D eigenvalue weighted by Gasteiger charge is -2.22. The molecular formula is C18H26N2. The number of nitrogens with two attached hydrogens (primary N) is 1. The van der Waals surface area contributed by atoms with E-state index in [0.717, 1.165) is 24.6 Å². The Hall–Kier alpha value is -1.44. The van der Waals surface area contributed by atoms with Crippen LogP contribution < -0.4 is 11.1 Å². The van der Waals surface area contributed by atoms with E-state index < -0.39 is 0 Å². The van der Waals surface area contributed by atoms with E-state index >= 15 is 0 Å². The topological polar surface area (TPSA) is 38.0 Å². The zero-order valence-corrected chi connectivity index (χ0v) is 12.3. The molecular weight excluding hydrogens is 244 g/mol. The first kappa shape index (κ1) is 13.5. The number of rotatable bonds is 4. The third-order valence-electron chi connectivity index (χ3n) is 4.83. The average Bonchev–Trinajstić information content (AvgIpc) is 2.92. The van der Waals surface area contributed by atoms with E-state index in [-0.39, 0.29) is 0 Å². The van der Waals surface area contributed by atoms with E-state index in [9.17, 15) is 0 Å². The minimum Gasteiger partial charge on any atom is -0.386 e. The smallest absolute Gasteiger partial charge is 0.0921 e. The molecule has 1 fully saturated rings. The summed E-state index contributed by atoms with van der Waals surface area (Å²) in [6.45, 7) is 0. The molecule has 0 radical (unpaired) electrons. The predicted octanol–water partition coefficient (Wildman–Crippen LogP) is 3.83. The average molecular weight is 270 g/mol. The van der Waals surface area contributed by atoms with E-state index in [4.69, 9.17) is 5.73 Å². The third-order valence-corrected chi connectivity index (χ3v) is 4.83. The SMILES string of the molecule is NC1=CCC(CCc2ccc(C3CCCCC3)cc2)N1. The lowest BCUT2D eigenvalue weighted by Crippen LogP contribution is -2.26. The molecule has 1 aliphatic heterocycles. The monoisotopic (exact) mass is 270 g/mol. The number of hydrogen-bond donors (Lipinski definition) is 2. The molecule has 0 bridgehead atoms. The molecule has 0 saturated heterocycles. The van der Waals surface area contributed by atoms with Gasteiger partial charge in [-0.25, -0.2) is 0 Å². The predicted molar refractivity (Wildman–Crippen MR) is 84.4 cm³/mol. The first-order chi connectivity index (χ1) is 9.81. The summed E-state index contributed by atoms with van der Waals surface area (Å²) >= 11 is 0. The fourth-order valence-electron chi connectivity index (χ4n) is 3.55. The van der Waals surface area contributed by atoms with Crippen molar-refractivity contribution < 1.29 is 0 Å². The molecule has 2 heteroatoms. The van der Waals surface area contributed by atoms with Gasteiger partial charge < -0.3 is 11.1 Å². The minimum absolute atomic E-state index is 0.535. The Balaban J connectivity index is 1.51. The fourth-order valence-corrected chi connectivity index (χ4v) is 3.55. The van der Waals surface area contributed by atoms with Crippen LogP contribution in [0.5, 0.6) is 0 Å². The van der Waals surface area contributed by atoms with Crippen LogP contribution in [0.15, 0.2) is 36.2 Å². The van der Waals surface area contributed by atoms with Gasteiger partial charge in [0.05, 0.1) is 5.82 Å². The quantitative estimate of drug-likeness (QED) is 0.872. The number of hydrogen-bond acceptors (Lipinski definition) is 2. The number of nitrogens with one attached hydrogen (secondary N) is 1. The summed E-state index contributed by atoms with van der Waals surface area (Å²) in [5.41, 5.74) is 8.76. The van der Waals surface area contributed by atoms with Gasteiger partial charge in [-0.05, 0) is 55.2 Å². The largest absolute Gasteiger partial charge is 0.386 e. The Labute approximate surface area is 122 Å². The molecule has 1 heterocycles. The normalized spacial score (nSPS) is 23.4. The minimum atomic E-state index is 0.535. The lowest BCUT2D eigenvalue weighted by molar-refractivity contribution is 0.443. The Morgan fingerprint density at radius 3 is 2.45 bits per heavy atom. The highest BCUT2D eigenvalue weighted by atomic mass is 15.0. The van der Waals surface area contributed by atoms with E-state index in [0.29, 0.717) is 6.04 Å². The molecule has 1 saturated carbocycles. The molecule has 1 aliphatic carbocycles. The van der Waals surface area contributed by atoms with Crippen molar-refractivity contribution in [2.45, 2.75) is 63.3 Å². The van der Waals surface area contributed by atoms with Gasteiger partial charge in [0.15, 0.2) is 0 Å². The molecule has 2 nitrogen and oxygen atoms in total. The Kier molecular flexibility index (Phi) is 4.29. The molecule has 1 unspecified atom stereocenters. The number of benzene rings is 1. The maximum absolute atomic E-state index is 5.75. The van der Waals surface area contributed by atoms with Gasteiger partial charge in [-0.15, -0.1) is 0 Å². The van der Waals surface area contributed by atoms with Gasteiger partial charge >= 0.3 is 0 Å². The van der Waals surface area contributed by atoms with Crippen LogP contribution in [0.3, 0.4) is 0 Å². The van der Waals surface area contributed by atoms with Crippen LogP contribution in [0.4, 0.5) is 0 Å². The second kappa shape index (κ2) is 6.34. The maximum Gasteiger partial charge on any atom is 0.0921 e. The van der Waals surface area contributed by atoms with Crippen LogP contribution in [0.1, 0.15) is 62.0 Å². The second-order valence-electron chi connectivity index (χ2n) is 6.35. The van der Waals surface area contributed by atoms with Crippen molar-refractivity contribution in [2.75, 3.05) is 0 Å². The van der Waals surface area contributed by atoms with Crippen LogP contribution in [0, 0.1) is 0 Å². The van der Waals surface area contributed by atoms with Crippen LogP contribution in [0.25, 0.3) is 0 Å². The van der Waals surface area contributed by atoms with Crippen molar-refractivity contribution in [3.63, 3.8) is 0 Å². The van der Waals surface area contributed by atoms with Gasteiger partial charge in [0.25, 0.3) is 0 Å². The Morgan fingerprint density at radius 1 is 1.05 bits per heavy atom. The number of aryl methyl sites for hydroxylation is 1. The zero-order valence-electron chi connectivity index (χ0n) is 12.3. The van der Waals surface area contributed by atoms with Gasteiger partial charge in [0.1, 0.15) is 0 Å². The highest BCUT2D eigenvalue weighted by Crippen LogP contribution is 2.32. The molecule has 108 valence electrons. The standard InChI is InChI=1S/C18H26N2/c19-18-13-12-17(20-18)11-8-14-6-9-16(10-7-14)15-4-2-1-3-5-15/h6-7,9-10,13,15,17,20H,1-5,8,11-12,19H2. The fraction of sp³-hybridized carbons (Fsp3) is 0.556. The van der Waals surface area contributed by atoms with E-state index in [1.165, 1.54) is 44.1 Å². The van der Waals surface area contributed by atoms with Gasteiger partial charge in [-0.2, -0.15) is 0 Å². The highest BCUT2D eigenvalue weighted by Gasteiger charge is 2.16. The molecule has 20 heavy (non-hydrogen) atoms. The van der Waals surface area contributed by atoms with Crippen molar-refractivity contribution in [2.24, 2.45) is 5.73 Å². The second-order valence-corrected chi connectivity index (χ2v) is 6.35.